The molecular weight excluding hydrogens is 441 g/mol. The first-order valence-corrected chi connectivity index (χ1v) is 8.01. The molecule has 0 saturated carbocycles. The van der Waals surface area contributed by atoms with E-state index in [2.05, 4.69) is 31.9 Å². The molecule has 0 fully saturated rings. The van der Waals surface area contributed by atoms with Crippen LogP contribution in [0.2, 0.25) is 0 Å². The predicted molar refractivity (Wildman–Crippen MR) is 96.4 cm³/mol. The fraction of sp³-hybridized carbons (Fsp3) is 0.250. The van der Waals surface area contributed by atoms with E-state index in [0.29, 0.717) is 6.54 Å². The van der Waals surface area contributed by atoms with Gasteiger partial charge >= 0.3 is 17.4 Å². The van der Waals surface area contributed by atoms with Gasteiger partial charge in [-0.1, -0.05) is 56.1 Å². The average Bonchev–Trinajstić information content (AvgIpc) is 2.46. The van der Waals surface area contributed by atoms with E-state index >= 15 is 0 Å². The summed E-state index contributed by atoms with van der Waals surface area (Å²) in [4.78, 5) is 1.87. The van der Waals surface area contributed by atoms with Gasteiger partial charge in [-0.05, 0) is 44.9 Å². The zero-order valence-corrected chi connectivity index (χ0v) is 17.4. The van der Waals surface area contributed by atoms with Gasteiger partial charge in [0.2, 0.25) is 0 Å². The van der Waals surface area contributed by atoms with Crippen molar-refractivity contribution in [1.29, 1.82) is 0 Å². The monoisotopic (exact) mass is 457 g/mol. The maximum absolute atomic E-state index is 10.4. The number of hydrogen-bond donors (Lipinski definition) is 0. The molecule has 2 aromatic rings. The quantitative estimate of drug-likeness (QED) is 0.640. The number of benzene rings is 2. The number of halogens is 2. The van der Waals surface area contributed by atoms with E-state index in [1.165, 1.54) is 24.3 Å². The van der Waals surface area contributed by atoms with Gasteiger partial charge in [0.1, 0.15) is 0 Å². The molecule has 0 bridgehead atoms. The van der Waals surface area contributed by atoms with Crippen molar-refractivity contribution in [2.45, 2.75) is 0 Å². The van der Waals surface area contributed by atoms with Crippen LogP contribution in [0.1, 0.15) is 0 Å². The third-order valence-electron chi connectivity index (χ3n) is 2.17. The molecule has 0 unspecified atom stereocenters. The van der Waals surface area contributed by atoms with Gasteiger partial charge in [0.15, 0.2) is 0 Å². The molecular formula is C16H18AlBr2NO3. The Kier molecular flexibility index (Phi) is 16.1. The number of rotatable bonds is 2. The van der Waals surface area contributed by atoms with Gasteiger partial charge in [0, 0.05) is 8.95 Å². The van der Waals surface area contributed by atoms with Crippen LogP contribution in [-0.2, 0) is 0 Å². The van der Waals surface area contributed by atoms with Crippen molar-refractivity contribution in [3.05, 3.63) is 57.5 Å². The van der Waals surface area contributed by atoms with Crippen LogP contribution in [0.15, 0.2) is 57.5 Å². The molecule has 0 aliphatic rings. The number of hydrogen-bond acceptors (Lipinski definition) is 4. The molecule has 122 valence electrons. The summed E-state index contributed by atoms with van der Waals surface area (Å²) in [7, 11) is 3.77. The molecule has 2 rings (SSSR count). The van der Waals surface area contributed by atoms with Crippen molar-refractivity contribution in [1.82, 2.24) is 4.90 Å². The molecule has 0 saturated heterocycles. The number of nitrogens with zero attached hydrogens (tertiary/aromatic N) is 1. The summed E-state index contributed by atoms with van der Waals surface area (Å²) < 4.78 is 1.88. The van der Waals surface area contributed by atoms with Crippen LogP contribution in [0, 0.1) is 0 Å². The van der Waals surface area contributed by atoms with Gasteiger partial charge in [-0.2, -0.15) is 0 Å². The second-order valence-corrected chi connectivity index (χ2v) is 6.25. The van der Waals surface area contributed by atoms with Gasteiger partial charge in [-0.25, -0.2) is 0 Å². The van der Waals surface area contributed by atoms with Crippen molar-refractivity contribution < 1.29 is 15.3 Å². The Labute approximate surface area is 165 Å². The first kappa shape index (κ1) is 24.7. The van der Waals surface area contributed by atoms with Crippen molar-refractivity contribution in [2.75, 3.05) is 27.2 Å². The molecule has 0 aromatic heterocycles. The SMILES string of the molecule is CN(C)CC[O-].[Al+3].[O-]c1ccc(Br)cc1.[O-]c1ccc(Br)cc1. The average molecular weight is 459 g/mol. The number of likely N-dealkylation sites (N-methyl/N-ethyl adjacent to an activating group) is 1. The Bertz CT molecular complexity index is 422. The molecule has 7 heteroatoms. The molecule has 0 atom stereocenters. The summed E-state index contributed by atoms with van der Waals surface area (Å²) in [6.07, 6.45) is 0. The zero-order valence-electron chi connectivity index (χ0n) is 13.0. The molecule has 23 heavy (non-hydrogen) atoms. The Morgan fingerprint density at radius 3 is 1.22 bits per heavy atom. The minimum atomic E-state index is 0. The van der Waals surface area contributed by atoms with Crippen LogP contribution in [-0.4, -0.2) is 49.5 Å². The largest absolute Gasteiger partial charge is 3.00 e. The normalized spacial score (nSPS) is 8.96. The second kappa shape index (κ2) is 15.0. The van der Waals surface area contributed by atoms with Crippen LogP contribution in [0.4, 0.5) is 0 Å². The molecule has 0 amide bonds. The van der Waals surface area contributed by atoms with E-state index in [1.807, 2.05) is 19.0 Å². The third kappa shape index (κ3) is 16.1. The molecule has 0 radical (unpaired) electrons. The molecule has 0 heterocycles. The summed E-state index contributed by atoms with van der Waals surface area (Å²) in [6, 6.07) is 13.0. The summed E-state index contributed by atoms with van der Waals surface area (Å²) in [5, 5.41) is 30.5. The topological polar surface area (TPSA) is 72.4 Å². The Morgan fingerprint density at radius 2 is 1.09 bits per heavy atom. The predicted octanol–water partition coefficient (Wildman–Crippen LogP) is 1.57. The van der Waals surface area contributed by atoms with Crippen LogP contribution < -0.4 is 15.3 Å². The van der Waals surface area contributed by atoms with E-state index in [4.69, 9.17) is 0 Å². The molecule has 4 nitrogen and oxygen atoms in total. The van der Waals surface area contributed by atoms with Crippen molar-refractivity contribution in [2.24, 2.45) is 0 Å². The third-order valence-corrected chi connectivity index (χ3v) is 3.22. The van der Waals surface area contributed by atoms with Crippen molar-refractivity contribution >= 4 is 49.2 Å². The molecule has 0 N–H and O–H groups in total. The Balaban J connectivity index is 0. The molecule has 0 aliphatic heterocycles. The van der Waals surface area contributed by atoms with Gasteiger partial charge in [0.25, 0.3) is 0 Å². The first-order chi connectivity index (χ1) is 10.3. The minimum Gasteiger partial charge on any atom is -0.872 e. The molecule has 0 spiro atoms. The smallest absolute Gasteiger partial charge is 0.872 e. The van der Waals surface area contributed by atoms with Gasteiger partial charge in [-0.15, -0.1) is 18.1 Å². The fourth-order valence-electron chi connectivity index (χ4n) is 1.05. The van der Waals surface area contributed by atoms with Crippen LogP contribution in [0.5, 0.6) is 11.5 Å². The van der Waals surface area contributed by atoms with E-state index in [1.54, 1.807) is 24.3 Å². The Hall–Kier alpha value is -0.548. The maximum atomic E-state index is 10.4. The minimum absolute atomic E-state index is 0. The van der Waals surface area contributed by atoms with E-state index in [0.717, 1.165) is 8.95 Å². The second-order valence-electron chi connectivity index (χ2n) is 4.42. The van der Waals surface area contributed by atoms with E-state index in [-0.39, 0.29) is 35.5 Å². The van der Waals surface area contributed by atoms with Crippen LogP contribution in [0.25, 0.3) is 0 Å². The summed E-state index contributed by atoms with van der Waals surface area (Å²) in [5.41, 5.74) is 0. The maximum Gasteiger partial charge on any atom is 3.00 e. The van der Waals surface area contributed by atoms with Crippen LogP contribution >= 0.6 is 31.9 Å². The molecule has 0 aliphatic carbocycles. The molecule has 2 aromatic carbocycles. The van der Waals surface area contributed by atoms with Crippen LogP contribution in [0.3, 0.4) is 0 Å². The standard InChI is InChI=1S/2C6H5BrO.C4H10NO.Al/c2*7-5-1-3-6(8)4-2-5;1-5(2)3-4-6;/h2*1-4,8H;3-4H2,1-2H3;/q;;-1;+3/p-2. The van der Waals surface area contributed by atoms with Gasteiger partial charge in [0.05, 0.1) is 0 Å². The Morgan fingerprint density at radius 1 is 0.783 bits per heavy atom. The van der Waals surface area contributed by atoms with Crippen molar-refractivity contribution in [3.63, 3.8) is 0 Å². The summed E-state index contributed by atoms with van der Waals surface area (Å²) >= 11 is 6.41. The fourth-order valence-corrected chi connectivity index (χ4v) is 1.58. The van der Waals surface area contributed by atoms with Gasteiger partial charge in [-0.3, -0.25) is 0 Å². The van der Waals surface area contributed by atoms with E-state index in [9.17, 15) is 15.3 Å². The van der Waals surface area contributed by atoms with E-state index < -0.39 is 0 Å². The van der Waals surface area contributed by atoms with Crippen molar-refractivity contribution in [3.8, 4) is 11.5 Å². The zero-order chi connectivity index (χ0) is 17.0. The first-order valence-electron chi connectivity index (χ1n) is 6.43. The summed E-state index contributed by atoms with van der Waals surface area (Å²) in [5.74, 6) is 0.0985. The summed E-state index contributed by atoms with van der Waals surface area (Å²) in [6.45, 7) is 0.660. The van der Waals surface area contributed by atoms with Gasteiger partial charge < -0.3 is 20.2 Å².